The molecule has 0 saturated carbocycles. The van der Waals surface area contributed by atoms with E-state index in [0.29, 0.717) is 5.12 Å². The highest BCUT2D eigenvalue weighted by molar-refractivity contribution is 8.13. The molecule has 0 aromatic rings. The number of thioether (sulfide) groups is 1. The summed E-state index contributed by atoms with van der Waals surface area (Å²) in [7, 11) is 0. The van der Waals surface area contributed by atoms with Gasteiger partial charge in [-0.25, -0.2) is 0 Å². The lowest BCUT2D eigenvalue weighted by Crippen LogP contribution is -1.92. The molecule has 0 fully saturated rings. The second-order valence-electron chi connectivity index (χ2n) is 3.03. The standard InChI is InChI=1S/C10H20OS/c1-3-5-6-7-9-12-10(11)8-4-2/h3-9H2,1-2H3. The first-order chi connectivity index (χ1) is 5.81. The molecule has 0 aliphatic heterocycles. The summed E-state index contributed by atoms with van der Waals surface area (Å²) in [4.78, 5) is 11.0. The smallest absolute Gasteiger partial charge is 0.188 e. The van der Waals surface area contributed by atoms with Crippen LogP contribution in [-0.2, 0) is 4.79 Å². The Morgan fingerprint density at radius 1 is 1.08 bits per heavy atom. The molecule has 0 aromatic heterocycles. The highest BCUT2D eigenvalue weighted by Gasteiger charge is 1.99. The largest absolute Gasteiger partial charge is 0.287 e. The molecule has 0 spiro atoms. The predicted octanol–water partition coefficient (Wildman–Crippen LogP) is 3.63. The lowest BCUT2D eigenvalue weighted by Gasteiger charge is -1.98. The normalized spacial score (nSPS) is 10.2. The number of hydrogen-bond donors (Lipinski definition) is 0. The zero-order chi connectivity index (χ0) is 9.23. The van der Waals surface area contributed by atoms with Crippen molar-refractivity contribution < 1.29 is 4.79 Å². The van der Waals surface area contributed by atoms with Crippen molar-refractivity contribution >= 4 is 16.9 Å². The van der Waals surface area contributed by atoms with Crippen LogP contribution in [0.5, 0.6) is 0 Å². The van der Waals surface area contributed by atoms with Crippen LogP contribution in [0.15, 0.2) is 0 Å². The number of rotatable bonds is 7. The van der Waals surface area contributed by atoms with E-state index >= 15 is 0 Å². The van der Waals surface area contributed by atoms with Crippen LogP contribution in [0.2, 0.25) is 0 Å². The highest BCUT2D eigenvalue weighted by atomic mass is 32.2. The van der Waals surface area contributed by atoms with Gasteiger partial charge in [-0.2, -0.15) is 0 Å². The molecular weight excluding hydrogens is 168 g/mol. The molecule has 0 heterocycles. The maximum Gasteiger partial charge on any atom is 0.188 e. The fourth-order valence-corrected chi connectivity index (χ4v) is 1.92. The molecule has 0 N–H and O–H groups in total. The minimum absolute atomic E-state index is 0.369. The third-order valence-corrected chi connectivity index (χ3v) is 2.73. The van der Waals surface area contributed by atoms with E-state index in [1.807, 2.05) is 0 Å². The van der Waals surface area contributed by atoms with Gasteiger partial charge in [0.05, 0.1) is 0 Å². The van der Waals surface area contributed by atoms with Crippen molar-refractivity contribution in [2.45, 2.75) is 52.4 Å². The van der Waals surface area contributed by atoms with Crippen molar-refractivity contribution in [1.29, 1.82) is 0 Å². The van der Waals surface area contributed by atoms with Gasteiger partial charge in [0.1, 0.15) is 0 Å². The average Bonchev–Trinajstić information content (AvgIpc) is 2.05. The van der Waals surface area contributed by atoms with Gasteiger partial charge in [-0.05, 0) is 12.8 Å². The van der Waals surface area contributed by atoms with Crippen molar-refractivity contribution in [3.63, 3.8) is 0 Å². The third kappa shape index (κ3) is 8.12. The lowest BCUT2D eigenvalue weighted by atomic mass is 10.2. The van der Waals surface area contributed by atoms with Crippen LogP contribution in [0.25, 0.3) is 0 Å². The molecule has 0 bridgehead atoms. The maximum absolute atomic E-state index is 11.0. The monoisotopic (exact) mass is 188 g/mol. The zero-order valence-corrected chi connectivity index (χ0v) is 9.08. The molecule has 0 amide bonds. The third-order valence-electron chi connectivity index (χ3n) is 1.72. The van der Waals surface area contributed by atoms with E-state index < -0.39 is 0 Å². The van der Waals surface area contributed by atoms with Gasteiger partial charge in [-0.15, -0.1) is 0 Å². The molecule has 1 nitrogen and oxygen atoms in total. The van der Waals surface area contributed by atoms with Gasteiger partial charge in [-0.3, -0.25) is 4.79 Å². The summed E-state index contributed by atoms with van der Waals surface area (Å²) in [5.41, 5.74) is 0. The van der Waals surface area contributed by atoms with E-state index in [9.17, 15) is 4.79 Å². The molecule has 0 saturated heterocycles. The van der Waals surface area contributed by atoms with Crippen molar-refractivity contribution in [2.24, 2.45) is 0 Å². The summed E-state index contributed by atoms with van der Waals surface area (Å²) in [5, 5.41) is 0.369. The minimum Gasteiger partial charge on any atom is -0.287 e. The van der Waals surface area contributed by atoms with E-state index in [2.05, 4.69) is 13.8 Å². The van der Waals surface area contributed by atoms with Crippen LogP contribution in [0.1, 0.15) is 52.4 Å². The fourth-order valence-electron chi connectivity index (χ4n) is 0.991. The van der Waals surface area contributed by atoms with Gasteiger partial charge >= 0.3 is 0 Å². The van der Waals surface area contributed by atoms with Gasteiger partial charge in [-0.1, -0.05) is 44.9 Å². The average molecular weight is 188 g/mol. The summed E-state index contributed by atoms with van der Waals surface area (Å²) >= 11 is 1.51. The molecule has 2 heteroatoms. The van der Waals surface area contributed by atoms with Crippen molar-refractivity contribution in [3.05, 3.63) is 0 Å². The Hall–Kier alpha value is 0.0200. The molecule has 0 unspecified atom stereocenters. The fraction of sp³-hybridized carbons (Fsp3) is 0.900. The summed E-state index contributed by atoms with van der Waals surface area (Å²) in [5.74, 6) is 1.03. The molecule has 0 rings (SSSR count). The van der Waals surface area contributed by atoms with Crippen LogP contribution in [-0.4, -0.2) is 10.9 Å². The second-order valence-corrected chi connectivity index (χ2v) is 4.18. The van der Waals surface area contributed by atoms with Gasteiger partial charge in [0.25, 0.3) is 0 Å². The van der Waals surface area contributed by atoms with Crippen LogP contribution in [0.3, 0.4) is 0 Å². The molecule has 0 aliphatic carbocycles. The predicted molar refractivity (Wildman–Crippen MR) is 56.5 cm³/mol. The number of hydrogen-bond acceptors (Lipinski definition) is 2. The quantitative estimate of drug-likeness (QED) is 0.567. The Bertz CT molecular complexity index is 112. The topological polar surface area (TPSA) is 17.1 Å². The van der Waals surface area contributed by atoms with Crippen molar-refractivity contribution in [1.82, 2.24) is 0 Å². The summed E-state index contributed by atoms with van der Waals surface area (Å²) in [6.07, 6.45) is 6.80. The van der Waals surface area contributed by atoms with Crippen LogP contribution in [0.4, 0.5) is 0 Å². The Balaban J connectivity index is 3.03. The number of carbonyl (C=O) groups excluding carboxylic acids is 1. The molecule has 12 heavy (non-hydrogen) atoms. The SMILES string of the molecule is CCCCCCSC(=O)CCC. The van der Waals surface area contributed by atoms with Gasteiger partial charge in [0.15, 0.2) is 5.12 Å². The Kier molecular flexibility index (Phi) is 9.13. The minimum atomic E-state index is 0.369. The first kappa shape index (κ1) is 12.0. The van der Waals surface area contributed by atoms with Crippen molar-refractivity contribution in [2.75, 3.05) is 5.75 Å². The molecule has 0 radical (unpaired) electrons. The molecule has 72 valence electrons. The number of carbonyl (C=O) groups is 1. The highest BCUT2D eigenvalue weighted by Crippen LogP contribution is 2.11. The van der Waals surface area contributed by atoms with E-state index in [4.69, 9.17) is 0 Å². The van der Waals surface area contributed by atoms with Gasteiger partial charge in [0, 0.05) is 12.2 Å². The maximum atomic E-state index is 11.0. The Labute approximate surface area is 80.3 Å². The van der Waals surface area contributed by atoms with E-state index in [1.54, 1.807) is 0 Å². The van der Waals surface area contributed by atoms with Crippen LogP contribution >= 0.6 is 11.8 Å². The van der Waals surface area contributed by atoms with Crippen molar-refractivity contribution in [3.8, 4) is 0 Å². The molecule has 0 aromatic carbocycles. The molecular formula is C10H20OS. The van der Waals surface area contributed by atoms with Gasteiger partial charge < -0.3 is 0 Å². The number of unbranched alkanes of at least 4 members (excludes halogenated alkanes) is 3. The summed E-state index contributed by atoms with van der Waals surface area (Å²) < 4.78 is 0. The van der Waals surface area contributed by atoms with E-state index in [0.717, 1.165) is 18.6 Å². The van der Waals surface area contributed by atoms with Crippen LogP contribution in [0, 0.1) is 0 Å². The summed E-state index contributed by atoms with van der Waals surface area (Å²) in [6.45, 7) is 4.25. The molecule has 0 atom stereocenters. The van der Waals surface area contributed by atoms with E-state index in [1.165, 1.54) is 37.4 Å². The Morgan fingerprint density at radius 3 is 2.42 bits per heavy atom. The lowest BCUT2D eigenvalue weighted by molar-refractivity contribution is -0.111. The van der Waals surface area contributed by atoms with Crippen LogP contribution < -0.4 is 0 Å². The van der Waals surface area contributed by atoms with E-state index in [-0.39, 0.29) is 0 Å². The van der Waals surface area contributed by atoms with Gasteiger partial charge in [0.2, 0.25) is 0 Å². The summed E-state index contributed by atoms with van der Waals surface area (Å²) in [6, 6.07) is 0. The second kappa shape index (κ2) is 9.11. The zero-order valence-electron chi connectivity index (χ0n) is 8.27. The first-order valence-corrected chi connectivity index (χ1v) is 5.95. The first-order valence-electron chi connectivity index (χ1n) is 4.96. The Morgan fingerprint density at radius 2 is 1.83 bits per heavy atom. The molecule has 0 aliphatic rings.